The monoisotopic (exact) mass is 334 g/mol. The lowest BCUT2D eigenvalue weighted by Gasteiger charge is -2.04. The first-order valence-electron chi connectivity index (χ1n) is 8.41. The zero-order chi connectivity index (χ0) is 17.6. The van der Waals surface area contributed by atoms with E-state index in [9.17, 15) is 4.79 Å². The number of hydrogen-bond donors (Lipinski definition) is 2. The van der Waals surface area contributed by atoms with Crippen molar-refractivity contribution in [3.05, 3.63) is 82.4 Å². The summed E-state index contributed by atoms with van der Waals surface area (Å²) in [5.74, 6) is 1.48. The van der Waals surface area contributed by atoms with Gasteiger partial charge < -0.3 is 5.32 Å². The van der Waals surface area contributed by atoms with Gasteiger partial charge in [0.05, 0.1) is 0 Å². The molecule has 0 saturated carbocycles. The molecule has 2 aromatic carbocycles. The minimum Gasteiger partial charge on any atom is -0.352 e. The Bertz CT molecular complexity index is 852. The highest BCUT2D eigenvalue weighted by atomic mass is 16.1. The highest BCUT2D eigenvalue weighted by Crippen LogP contribution is 2.08. The molecular weight excluding hydrogens is 312 g/mol. The Balaban J connectivity index is 1.50. The predicted molar refractivity (Wildman–Crippen MR) is 97.6 cm³/mol. The van der Waals surface area contributed by atoms with E-state index < -0.39 is 0 Å². The topological polar surface area (TPSA) is 70.7 Å². The lowest BCUT2D eigenvalue weighted by molar-refractivity contribution is 0.0954. The molecule has 0 aliphatic heterocycles. The van der Waals surface area contributed by atoms with E-state index in [0.29, 0.717) is 24.4 Å². The molecule has 0 spiro atoms. The minimum absolute atomic E-state index is 0.0703. The number of rotatable bonds is 6. The van der Waals surface area contributed by atoms with E-state index in [1.165, 1.54) is 11.1 Å². The fraction of sp³-hybridized carbons (Fsp3) is 0.250. The Morgan fingerprint density at radius 1 is 1.08 bits per heavy atom. The third kappa shape index (κ3) is 4.76. The highest BCUT2D eigenvalue weighted by Gasteiger charge is 2.07. The van der Waals surface area contributed by atoms with Crippen molar-refractivity contribution in [1.82, 2.24) is 20.5 Å². The summed E-state index contributed by atoms with van der Waals surface area (Å²) < 4.78 is 0. The van der Waals surface area contributed by atoms with E-state index in [1.54, 1.807) is 0 Å². The van der Waals surface area contributed by atoms with E-state index in [4.69, 9.17) is 0 Å². The van der Waals surface area contributed by atoms with Gasteiger partial charge in [0.1, 0.15) is 5.82 Å². The summed E-state index contributed by atoms with van der Waals surface area (Å²) in [7, 11) is 0. The number of carbonyl (C=O) groups excluding carboxylic acids is 1. The number of benzene rings is 2. The maximum atomic E-state index is 12.1. The Hall–Kier alpha value is -2.95. The number of H-pyrrole nitrogens is 1. The van der Waals surface area contributed by atoms with E-state index >= 15 is 0 Å². The number of hydrogen-bond acceptors (Lipinski definition) is 3. The zero-order valence-electron chi connectivity index (χ0n) is 14.5. The summed E-state index contributed by atoms with van der Waals surface area (Å²) in [4.78, 5) is 16.6. The van der Waals surface area contributed by atoms with Crippen LogP contribution in [0.15, 0.2) is 48.5 Å². The van der Waals surface area contributed by atoms with Crippen LogP contribution >= 0.6 is 0 Å². The minimum atomic E-state index is -0.0703. The smallest absolute Gasteiger partial charge is 0.251 e. The number of aromatic amines is 1. The van der Waals surface area contributed by atoms with Crippen LogP contribution in [0.5, 0.6) is 0 Å². The number of nitrogens with one attached hydrogen (secondary N) is 2. The van der Waals surface area contributed by atoms with Gasteiger partial charge in [-0.25, -0.2) is 4.98 Å². The van der Waals surface area contributed by atoms with Gasteiger partial charge in [0.25, 0.3) is 5.91 Å². The standard InChI is InChI=1S/C20H22N4O/c1-14-6-8-16(9-7-14)13-19-22-18(23-24-19)10-11-21-20(25)17-5-3-4-15(2)12-17/h3-9,12H,10-11,13H2,1-2H3,(H,21,25)(H,22,23,24). The van der Waals surface area contributed by atoms with E-state index in [0.717, 1.165) is 17.8 Å². The van der Waals surface area contributed by atoms with Gasteiger partial charge in [-0.3, -0.25) is 9.89 Å². The first kappa shape index (κ1) is 16.9. The van der Waals surface area contributed by atoms with Crippen LogP contribution < -0.4 is 5.32 Å². The molecule has 3 rings (SSSR count). The van der Waals surface area contributed by atoms with E-state index in [2.05, 4.69) is 51.7 Å². The largest absolute Gasteiger partial charge is 0.352 e. The van der Waals surface area contributed by atoms with Crippen molar-refractivity contribution in [2.24, 2.45) is 0 Å². The summed E-state index contributed by atoms with van der Waals surface area (Å²) in [6.45, 7) is 4.55. The second kappa shape index (κ2) is 7.75. The van der Waals surface area contributed by atoms with Gasteiger partial charge in [-0.15, -0.1) is 0 Å². The first-order chi connectivity index (χ1) is 12.1. The molecule has 128 valence electrons. The normalized spacial score (nSPS) is 10.6. The highest BCUT2D eigenvalue weighted by molar-refractivity contribution is 5.94. The molecular formula is C20H22N4O. The molecule has 3 aromatic rings. The molecule has 0 radical (unpaired) electrons. The van der Waals surface area contributed by atoms with Gasteiger partial charge in [-0.05, 0) is 31.5 Å². The zero-order valence-corrected chi connectivity index (χ0v) is 14.5. The molecule has 0 atom stereocenters. The molecule has 1 amide bonds. The van der Waals surface area contributed by atoms with Crippen molar-refractivity contribution in [2.45, 2.75) is 26.7 Å². The molecule has 0 unspecified atom stereocenters. The summed E-state index contributed by atoms with van der Waals surface area (Å²) in [6, 6.07) is 15.9. The third-order valence-corrected chi connectivity index (χ3v) is 3.98. The lowest BCUT2D eigenvalue weighted by Crippen LogP contribution is -2.26. The molecule has 1 heterocycles. The van der Waals surface area contributed by atoms with Crippen LogP contribution in [-0.2, 0) is 12.8 Å². The first-order valence-corrected chi connectivity index (χ1v) is 8.41. The van der Waals surface area contributed by atoms with Crippen LogP contribution in [0.2, 0.25) is 0 Å². The Morgan fingerprint density at radius 3 is 2.64 bits per heavy atom. The fourth-order valence-electron chi connectivity index (χ4n) is 2.60. The van der Waals surface area contributed by atoms with Crippen LogP contribution in [0.25, 0.3) is 0 Å². The molecule has 5 nitrogen and oxygen atoms in total. The third-order valence-electron chi connectivity index (χ3n) is 3.98. The average molecular weight is 334 g/mol. The number of amides is 1. The van der Waals surface area contributed by atoms with Crippen LogP contribution in [0.4, 0.5) is 0 Å². The number of aromatic nitrogens is 3. The Labute approximate surface area is 147 Å². The van der Waals surface area contributed by atoms with Crippen molar-refractivity contribution in [3.8, 4) is 0 Å². The lowest BCUT2D eigenvalue weighted by atomic mass is 10.1. The van der Waals surface area contributed by atoms with Gasteiger partial charge in [0.15, 0.2) is 5.82 Å². The molecule has 0 bridgehead atoms. The molecule has 0 aliphatic carbocycles. The SMILES string of the molecule is Cc1ccc(Cc2nc(CCNC(=O)c3cccc(C)c3)n[nH]2)cc1. The van der Waals surface area contributed by atoms with Gasteiger partial charge in [0.2, 0.25) is 0 Å². The Kier molecular flexibility index (Phi) is 5.23. The molecule has 0 aliphatic rings. The van der Waals surface area contributed by atoms with Crippen molar-refractivity contribution in [1.29, 1.82) is 0 Å². The summed E-state index contributed by atoms with van der Waals surface area (Å²) in [5, 5.41) is 10.1. The quantitative estimate of drug-likeness (QED) is 0.728. The van der Waals surface area contributed by atoms with Gasteiger partial charge in [-0.2, -0.15) is 5.10 Å². The summed E-state index contributed by atoms with van der Waals surface area (Å²) in [5.41, 5.74) is 4.19. The molecule has 25 heavy (non-hydrogen) atoms. The van der Waals surface area contributed by atoms with Crippen LogP contribution in [0.1, 0.15) is 38.7 Å². The van der Waals surface area contributed by atoms with E-state index in [-0.39, 0.29) is 5.91 Å². The van der Waals surface area contributed by atoms with Crippen molar-refractivity contribution in [2.75, 3.05) is 6.54 Å². The van der Waals surface area contributed by atoms with Crippen LogP contribution in [0.3, 0.4) is 0 Å². The number of aryl methyl sites for hydroxylation is 2. The van der Waals surface area contributed by atoms with Crippen molar-refractivity contribution in [3.63, 3.8) is 0 Å². The second-order valence-corrected chi connectivity index (χ2v) is 6.24. The van der Waals surface area contributed by atoms with E-state index in [1.807, 2.05) is 31.2 Å². The van der Waals surface area contributed by atoms with Crippen molar-refractivity contribution < 1.29 is 4.79 Å². The molecule has 0 fully saturated rings. The molecule has 0 saturated heterocycles. The fourth-order valence-corrected chi connectivity index (χ4v) is 2.60. The average Bonchev–Trinajstić information content (AvgIpc) is 3.04. The predicted octanol–water partition coefficient (Wildman–Crippen LogP) is 2.98. The van der Waals surface area contributed by atoms with Crippen LogP contribution in [0, 0.1) is 13.8 Å². The number of carbonyl (C=O) groups is 1. The van der Waals surface area contributed by atoms with Gasteiger partial charge in [-0.1, -0.05) is 47.5 Å². The van der Waals surface area contributed by atoms with Crippen molar-refractivity contribution >= 4 is 5.91 Å². The number of nitrogens with zero attached hydrogens (tertiary/aromatic N) is 2. The Morgan fingerprint density at radius 2 is 1.88 bits per heavy atom. The molecule has 5 heteroatoms. The summed E-state index contributed by atoms with van der Waals surface area (Å²) in [6.07, 6.45) is 1.32. The molecule has 2 N–H and O–H groups in total. The van der Waals surface area contributed by atoms with Gasteiger partial charge in [0, 0.05) is 24.9 Å². The van der Waals surface area contributed by atoms with Gasteiger partial charge >= 0.3 is 0 Å². The van der Waals surface area contributed by atoms with Crippen LogP contribution in [-0.4, -0.2) is 27.6 Å². The second-order valence-electron chi connectivity index (χ2n) is 6.24. The summed E-state index contributed by atoms with van der Waals surface area (Å²) >= 11 is 0. The maximum Gasteiger partial charge on any atom is 0.251 e. The maximum absolute atomic E-state index is 12.1. The molecule has 1 aromatic heterocycles.